The molecule has 0 aliphatic heterocycles. The number of carboxylic acid groups (broad SMARTS) is 1. The maximum atomic E-state index is 10.3. The first kappa shape index (κ1) is 49.0. The van der Waals surface area contributed by atoms with Crippen molar-refractivity contribution in [3.63, 3.8) is 0 Å². The molecule has 0 spiro atoms. The molecule has 0 saturated heterocycles. The molecule has 309 valence electrons. The molecular formula is C48H37Cl3IrNO6P2+. The van der Waals surface area contributed by atoms with Crippen LogP contribution in [0.5, 0.6) is 11.5 Å². The van der Waals surface area contributed by atoms with Gasteiger partial charge in [0.05, 0.1) is 24.3 Å². The number of benzene rings is 7. The van der Waals surface area contributed by atoms with E-state index >= 15 is 0 Å². The predicted molar refractivity (Wildman–Crippen MR) is 249 cm³/mol. The van der Waals surface area contributed by atoms with Gasteiger partial charge in [-0.15, -0.1) is 29.3 Å². The van der Waals surface area contributed by atoms with E-state index in [9.17, 15) is 20.0 Å². The molecule has 7 nitrogen and oxygen atoms in total. The van der Waals surface area contributed by atoms with Gasteiger partial charge in [-0.2, -0.15) is 0 Å². The topological polar surface area (TPSA) is 102 Å². The van der Waals surface area contributed by atoms with E-state index in [1.54, 1.807) is 14.2 Å². The molecule has 7 rings (SSSR count). The second-order valence-corrected chi connectivity index (χ2v) is 18.0. The minimum Gasteiger partial charge on any atom is -0.603 e. The number of rotatable bonds is 11. The third kappa shape index (κ3) is 12.1. The summed E-state index contributed by atoms with van der Waals surface area (Å²) in [6.45, 7) is 6.50. The van der Waals surface area contributed by atoms with Crippen LogP contribution >= 0.6 is 50.6 Å². The zero-order chi connectivity index (χ0) is 43.2. The molecule has 7 aromatic carbocycles. The molecule has 0 amide bonds. The van der Waals surface area contributed by atoms with Crippen molar-refractivity contribution in [3.8, 4) is 22.6 Å². The van der Waals surface area contributed by atoms with Crippen molar-refractivity contribution in [3.05, 3.63) is 215 Å². The second kappa shape index (κ2) is 24.1. The van der Waals surface area contributed by atoms with Crippen molar-refractivity contribution < 1.29 is 44.4 Å². The second-order valence-electron chi connectivity index (χ2n) is 12.4. The number of aromatic carboxylic acids is 1. The number of carboxylic acids is 1. The van der Waals surface area contributed by atoms with Crippen LogP contribution in [-0.2, 0) is 20.1 Å². The molecule has 0 bridgehead atoms. The standard InChI is InChI=1S/C38H30Cl2O2P2.C7H3ClNO4.C3H5.Ir/c1-41-37-31(39)23-25-33(43(27-15-7-3-8-16-27)28-17-9-4-10-18-28)35(37)36-34(26-24-32(40)38(36)42-2)44(29-19-11-5-12-20-29)30-21-13-6-14-22-30;8-5-2-1-4(7(10)11)3-6(5)9(12)13;1-3-2;/h3-26H,1-2H3;2-3H,(H,10,11);3H,1-2H2;/q;-1;;+3/p-1. The Balaban J connectivity index is 0.000000408. The predicted octanol–water partition coefficient (Wildman–Crippen LogP) is 9.46. The van der Waals surface area contributed by atoms with E-state index in [1.807, 2.05) is 12.1 Å². The normalized spacial score (nSPS) is 10.4. The summed E-state index contributed by atoms with van der Waals surface area (Å²) in [5, 5.41) is 28.6. The van der Waals surface area contributed by atoms with Crippen LogP contribution < -0.4 is 46.4 Å². The molecule has 0 heterocycles. The van der Waals surface area contributed by atoms with Crippen molar-refractivity contribution in [2.75, 3.05) is 14.2 Å². The van der Waals surface area contributed by atoms with Crippen molar-refractivity contribution in [2.45, 2.75) is 0 Å². The Kier molecular flexibility index (Phi) is 19.4. The molecule has 0 atom stereocenters. The van der Waals surface area contributed by atoms with Gasteiger partial charge in [0.1, 0.15) is 11.5 Å². The Morgan fingerprint density at radius 2 is 0.951 bits per heavy atom. The van der Waals surface area contributed by atoms with Gasteiger partial charge in [0.2, 0.25) is 5.69 Å². The molecule has 0 fully saturated rings. The third-order valence-corrected chi connectivity index (χ3v) is 14.5. The van der Waals surface area contributed by atoms with Gasteiger partial charge in [-0.1, -0.05) is 163 Å². The molecule has 0 saturated carbocycles. The number of nitro groups is 1. The zero-order valence-corrected chi connectivity index (χ0v) is 39.2. The number of halogens is 3. The van der Waals surface area contributed by atoms with Crippen LogP contribution in [0.3, 0.4) is 0 Å². The molecule has 0 aromatic heterocycles. The van der Waals surface area contributed by atoms with Gasteiger partial charge in [0.25, 0.3) is 0 Å². The van der Waals surface area contributed by atoms with Gasteiger partial charge in [0, 0.05) is 21.1 Å². The molecule has 3 radical (unpaired) electrons. The fraction of sp³-hybridized carbons (Fsp3) is 0.0417. The van der Waals surface area contributed by atoms with E-state index in [4.69, 9.17) is 44.3 Å². The maximum absolute atomic E-state index is 10.3. The largest absolute Gasteiger partial charge is 3.00 e. The van der Waals surface area contributed by atoms with Crippen LogP contribution in [0.2, 0.25) is 15.1 Å². The fourth-order valence-corrected chi connectivity index (χ4v) is 11.8. The number of nitrogens with zero attached hydrogens (tertiary/aromatic N) is 1. The zero-order valence-electron chi connectivity index (χ0n) is 32.8. The van der Waals surface area contributed by atoms with E-state index in [0.717, 1.165) is 33.9 Å². The average molecular weight is 1080 g/mol. The molecular weight excluding hydrogens is 1050 g/mol. The summed E-state index contributed by atoms with van der Waals surface area (Å²) in [7, 11) is 1.31. The summed E-state index contributed by atoms with van der Waals surface area (Å²) >= 11 is 19.3. The van der Waals surface area contributed by atoms with E-state index in [0.29, 0.717) is 21.5 Å². The van der Waals surface area contributed by atoms with E-state index in [1.165, 1.54) is 27.6 Å². The summed E-state index contributed by atoms with van der Waals surface area (Å²) in [4.78, 5) is 19.8. The van der Waals surface area contributed by atoms with Crippen molar-refractivity contribution >= 4 is 94.1 Å². The van der Waals surface area contributed by atoms with Crippen LogP contribution in [0.25, 0.3) is 11.1 Å². The maximum Gasteiger partial charge on any atom is 3.00 e. The summed E-state index contributed by atoms with van der Waals surface area (Å²) in [5.41, 5.74) is 0.927. The van der Waals surface area contributed by atoms with Crippen LogP contribution in [0.4, 0.5) is 5.69 Å². The molecule has 61 heavy (non-hydrogen) atoms. The number of methoxy groups -OCH3 is 2. The molecule has 0 aliphatic rings. The number of carbonyl (C=O) groups excluding carboxylic acids is 1. The number of hydrogen-bond acceptors (Lipinski definition) is 6. The van der Waals surface area contributed by atoms with Crippen LogP contribution in [0.1, 0.15) is 10.4 Å². The van der Waals surface area contributed by atoms with Crippen LogP contribution in [0, 0.1) is 36.4 Å². The first-order valence-electron chi connectivity index (χ1n) is 18.1. The molecule has 13 heteroatoms. The molecule has 0 N–H and O–H groups in total. The molecule has 7 aromatic rings. The summed E-state index contributed by atoms with van der Waals surface area (Å²) in [5.74, 6) is -0.331. The van der Waals surface area contributed by atoms with Gasteiger partial charge in [-0.25, -0.2) is 0 Å². The van der Waals surface area contributed by atoms with Gasteiger partial charge in [0.15, 0.2) is 0 Å². The van der Waals surface area contributed by atoms with Gasteiger partial charge < -0.3 is 19.4 Å². The monoisotopic (exact) mass is 1080 g/mol. The van der Waals surface area contributed by atoms with E-state index in [2.05, 4.69) is 153 Å². The van der Waals surface area contributed by atoms with Gasteiger partial charge >= 0.3 is 20.1 Å². The number of nitro benzene ring substituents is 1. The van der Waals surface area contributed by atoms with Crippen LogP contribution in [-0.4, -0.2) is 25.1 Å². The van der Waals surface area contributed by atoms with Gasteiger partial charge in [-0.3, -0.25) is 10.1 Å². The minimum absolute atomic E-state index is 0. The summed E-state index contributed by atoms with van der Waals surface area (Å²) < 4.78 is 12.3. The SMILES string of the molecule is COc1c(Cl)ccc(P(c2ccccc2)c2ccccc2)c1-c1c(P(c2ccccc2)c2ccccc2)ccc(Cl)c1OC.O=C([O-])c1[c-]cc(Cl)c([N+](=O)[O-])c1.[CH2][CH][CH2].[Ir+3]. The number of ether oxygens (including phenoxy) is 2. The van der Waals surface area contributed by atoms with E-state index in [-0.39, 0.29) is 25.1 Å². The Labute approximate surface area is 387 Å². The Morgan fingerprint density at radius 1 is 0.623 bits per heavy atom. The fourth-order valence-electron chi connectivity index (χ4n) is 6.23. The van der Waals surface area contributed by atoms with Crippen molar-refractivity contribution in [2.24, 2.45) is 0 Å². The number of hydrogen-bond donors (Lipinski definition) is 0. The number of carbonyl (C=O) groups is 1. The third-order valence-electron chi connectivity index (χ3n) is 8.67. The quantitative estimate of drug-likeness (QED) is 0.0554. The van der Waals surface area contributed by atoms with Crippen molar-refractivity contribution in [1.29, 1.82) is 0 Å². The Hall–Kier alpha value is -4.61. The first-order valence-corrected chi connectivity index (χ1v) is 21.9. The smallest absolute Gasteiger partial charge is 0.603 e. The Morgan fingerprint density at radius 3 is 1.23 bits per heavy atom. The summed E-state index contributed by atoms with van der Waals surface area (Å²) in [6.07, 6.45) is 1.50. The first-order chi connectivity index (χ1) is 29.1. The summed E-state index contributed by atoms with van der Waals surface area (Å²) in [6, 6.07) is 54.7. The Bertz CT molecular complexity index is 2300. The minimum atomic E-state index is -1.53. The molecule has 0 unspecified atom stereocenters. The average Bonchev–Trinajstić information content (AvgIpc) is 3.26. The van der Waals surface area contributed by atoms with Gasteiger partial charge in [-0.05, 0) is 86.0 Å². The van der Waals surface area contributed by atoms with Crippen molar-refractivity contribution in [1.82, 2.24) is 0 Å². The molecule has 0 aliphatic carbocycles. The van der Waals surface area contributed by atoms with E-state index < -0.39 is 38.0 Å². The van der Waals surface area contributed by atoms with Crippen LogP contribution in [0.15, 0.2) is 158 Å².